The number of thiocarbonyl (C=S) groups is 1. The zero-order chi connectivity index (χ0) is 8.48. The minimum Gasteiger partial charge on any atom is -0.0928 e. The van der Waals surface area contributed by atoms with Gasteiger partial charge in [-0.1, -0.05) is 37.7 Å². The lowest BCUT2D eigenvalue weighted by Crippen LogP contribution is -2.21. The van der Waals surface area contributed by atoms with Crippen LogP contribution in [0.5, 0.6) is 0 Å². The Kier molecular flexibility index (Phi) is 2.48. The predicted octanol–water partition coefficient (Wildman–Crippen LogP) is 3.37. The van der Waals surface area contributed by atoms with Crippen molar-refractivity contribution in [1.29, 1.82) is 0 Å². The Morgan fingerprint density at radius 3 is 2.73 bits per heavy atom. The Morgan fingerprint density at radius 2 is 2.27 bits per heavy atom. The molecule has 0 spiro atoms. The van der Waals surface area contributed by atoms with E-state index in [9.17, 15) is 0 Å². The van der Waals surface area contributed by atoms with E-state index in [1.54, 1.807) is 0 Å². The summed E-state index contributed by atoms with van der Waals surface area (Å²) >= 11 is 4.96. The molecule has 0 saturated heterocycles. The Hall–Kier alpha value is -0.170. The van der Waals surface area contributed by atoms with E-state index in [1.807, 2.05) is 5.37 Å². The van der Waals surface area contributed by atoms with Crippen molar-refractivity contribution in [3.63, 3.8) is 0 Å². The first kappa shape index (κ1) is 8.92. The molecule has 0 nitrogen and oxygen atoms in total. The van der Waals surface area contributed by atoms with Crippen molar-refractivity contribution in [3.05, 3.63) is 11.6 Å². The second-order valence-corrected chi connectivity index (χ2v) is 4.63. The largest absolute Gasteiger partial charge is 0.0928 e. The van der Waals surface area contributed by atoms with Crippen molar-refractivity contribution in [2.75, 3.05) is 0 Å². The molecule has 1 aliphatic rings. The molecule has 11 heavy (non-hydrogen) atoms. The van der Waals surface area contributed by atoms with E-state index in [1.165, 1.54) is 18.4 Å². The molecule has 0 N–H and O–H groups in total. The van der Waals surface area contributed by atoms with E-state index in [0.717, 1.165) is 0 Å². The monoisotopic (exact) mass is 168 g/mol. The SMILES string of the molecule is CC1=CC(C=S)CC(C)(C)C1. The van der Waals surface area contributed by atoms with Crippen LogP contribution < -0.4 is 0 Å². The maximum atomic E-state index is 4.96. The fraction of sp³-hybridized carbons (Fsp3) is 0.700. The summed E-state index contributed by atoms with van der Waals surface area (Å²) in [6, 6.07) is 0. The van der Waals surface area contributed by atoms with E-state index in [4.69, 9.17) is 12.2 Å². The molecule has 0 saturated carbocycles. The second-order valence-electron chi connectivity index (χ2n) is 4.36. The summed E-state index contributed by atoms with van der Waals surface area (Å²) in [6.07, 6.45) is 4.75. The fourth-order valence-corrected chi connectivity index (χ4v) is 2.21. The van der Waals surface area contributed by atoms with E-state index in [-0.39, 0.29) is 0 Å². The van der Waals surface area contributed by atoms with Gasteiger partial charge in [0.05, 0.1) is 0 Å². The second kappa shape index (κ2) is 3.06. The van der Waals surface area contributed by atoms with E-state index in [2.05, 4.69) is 26.8 Å². The molecule has 0 aromatic carbocycles. The lowest BCUT2D eigenvalue weighted by Gasteiger charge is -2.32. The fourth-order valence-electron chi connectivity index (χ4n) is 2.04. The molecule has 1 atom stereocenters. The van der Waals surface area contributed by atoms with Crippen LogP contribution in [0.4, 0.5) is 0 Å². The van der Waals surface area contributed by atoms with Crippen LogP contribution in [0.3, 0.4) is 0 Å². The van der Waals surface area contributed by atoms with Crippen molar-refractivity contribution >= 4 is 17.6 Å². The van der Waals surface area contributed by atoms with Gasteiger partial charge in [-0.15, -0.1) is 0 Å². The van der Waals surface area contributed by atoms with Crippen molar-refractivity contribution < 1.29 is 0 Å². The minimum atomic E-state index is 0.457. The topological polar surface area (TPSA) is 0 Å². The highest BCUT2D eigenvalue weighted by Gasteiger charge is 2.25. The molecule has 1 heteroatoms. The van der Waals surface area contributed by atoms with Crippen LogP contribution >= 0.6 is 12.2 Å². The van der Waals surface area contributed by atoms with Crippen molar-refractivity contribution in [1.82, 2.24) is 0 Å². The van der Waals surface area contributed by atoms with Crippen LogP contribution in [0.2, 0.25) is 0 Å². The predicted molar refractivity (Wildman–Crippen MR) is 53.9 cm³/mol. The summed E-state index contributed by atoms with van der Waals surface area (Å²) in [4.78, 5) is 0. The lowest BCUT2D eigenvalue weighted by molar-refractivity contribution is 0.301. The number of hydrogen-bond donors (Lipinski definition) is 0. The molecule has 1 unspecified atom stereocenters. The molecule has 0 aliphatic heterocycles. The minimum absolute atomic E-state index is 0.457. The Labute approximate surface area is 74.7 Å². The first-order chi connectivity index (χ1) is 5.03. The highest BCUT2D eigenvalue weighted by Crippen LogP contribution is 2.37. The first-order valence-electron chi connectivity index (χ1n) is 4.16. The molecule has 62 valence electrons. The maximum Gasteiger partial charge on any atom is 0.00591 e. The standard InChI is InChI=1S/C10H16S/c1-8-4-9(7-11)6-10(2,3)5-8/h4,7,9H,5-6H2,1-3H3. The summed E-state index contributed by atoms with van der Waals surface area (Å²) in [5.41, 5.74) is 1.95. The molecule has 1 aliphatic carbocycles. The zero-order valence-corrected chi connectivity index (χ0v) is 8.37. The summed E-state index contributed by atoms with van der Waals surface area (Å²) in [6.45, 7) is 6.83. The summed E-state index contributed by atoms with van der Waals surface area (Å²) in [5, 5.41) is 1.89. The highest BCUT2D eigenvalue weighted by atomic mass is 32.1. The molecule has 0 aromatic rings. The summed E-state index contributed by atoms with van der Waals surface area (Å²) in [5.74, 6) is 0.536. The van der Waals surface area contributed by atoms with E-state index >= 15 is 0 Å². The van der Waals surface area contributed by atoms with Gasteiger partial charge in [0.25, 0.3) is 0 Å². The highest BCUT2D eigenvalue weighted by molar-refractivity contribution is 7.79. The van der Waals surface area contributed by atoms with Crippen LogP contribution in [0.25, 0.3) is 0 Å². The van der Waals surface area contributed by atoms with Gasteiger partial charge < -0.3 is 0 Å². The third kappa shape index (κ3) is 2.41. The third-order valence-corrected chi connectivity index (χ3v) is 2.57. The molecule has 0 aromatic heterocycles. The molecule has 0 heterocycles. The van der Waals surface area contributed by atoms with Crippen molar-refractivity contribution in [2.24, 2.45) is 11.3 Å². The molecule has 0 fully saturated rings. The van der Waals surface area contributed by atoms with Gasteiger partial charge in [-0.3, -0.25) is 0 Å². The molecular formula is C10H16S. The van der Waals surface area contributed by atoms with Gasteiger partial charge in [0, 0.05) is 5.92 Å². The quantitative estimate of drug-likeness (QED) is 0.427. The Bertz CT molecular complexity index is 189. The molecule has 1 rings (SSSR count). The van der Waals surface area contributed by atoms with Crippen molar-refractivity contribution in [2.45, 2.75) is 33.6 Å². The van der Waals surface area contributed by atoms with Crippen LogP contribution in [-0.4, -0.2) is 5.37 Å². The van der Waals surface area contributed by atoms with Crippen LogP contribution in [0.15, 0.2) is 11.6 Å². The van der Waals surface area contributed by atoms with Gasteiger partial charge >= 0.3 is 0 Å². The number of allylic oxidation sites excluding steroid dienone is 2. The van der Waals surface area contributed by atoms with Gasteiger partial charge in [-0.05, 0) is 30.5 Å². The molecule has 0 radical (unpaired) electrons. The summed E-state index contributed by atoms with van der Waals surface area (Å²) in [7, 11) is 0. The van der Waals surface area contributed by atoms with Crippen LogP contribution in [0, 0.1) is 11.3 Å². The van der Waals surface area contributed by atoms with Gasteiger partial charge in [0.1, 0.15) is 0 Å². The first-order valence-corrected chi connectivity index (χ1v) is 4.63. The molecule has 0 amide bonds. The maximum absolute atomic E-state index is 4.96. The smallest absolute Gasteiger partial charge is 0.00591 e. The van der Waals surface area contributed by atoms with Crippen LogP contribution in [0.1, 0.15) is 33.6 Å². The van der Waals surface area contributed by atoms with E-state index in [0.29, 0.717) is 11.3 Å². The van der Waals surface area contributed by atoms with Gasteiger partial charge in [0.15, 0.2) is 0 Å². The lowest BCUT2D eigenvalue weighted by atomic mass is 9.74. The normalized spacial score (nSPS) is 29.4. The third-order valence-electron chi connectivity index (χ3n) is 2.22. The Morgan fingerprint density at radius 1 is 1.64 bits per heavy atom. The van der Waals surface area contributed by atoms with Crippen LogP contribution in [-0.2, 0) is 0 Å². The molecular weight excluding hydrogens is 152 g/mol. The average molecular weight is 168 g/mol. The van der Waals surface area contributed by atoms with Crippen molar-refractivity contribution in [3.8, 4) is 0 Å². The Balaban J connectivity index is 2.76. The summed E-state index contributed by atoms with van der Waals surface area (Å²) < 4.78 is 0. The zero-order valence-electron chi connectivity index (χ0n) is 7.55. The van der Waals surface area contributed by atoms with Gasteiger partial charge in [-0.2, -0.15) is 0 Å². The van der Waals surface area contributed by atoms with Gasteiger partial charge in [-0.25, -0.2) is 0 Å². The number of rotatable bonds is 1. The van der Waals surface area contributed by atoms with Gasteiger partial charge in [0.2, 0.25) is 0 Å². The average Bonchev–Trinajstić information content (AvgIpc) is 1.83. The number of hydrogen-bond acceptors (Lipinski definition) is 1. The molecule has 0 bridgehead atoms. The van der Waals surface area contributed by atoms with E-state index < -0.39 is 0 Å².